The van der Waals surface area contributed by atoms with Gasteiger partial charge in [-0.25, -0.2) is 0 Å². The van der Waals surface area contributed by atoms with Crippen LogP contribution in [-0.4, -0.2) is 12.6 Å². The average Bonchev–Trinajstić information content (AvgIpc) is 2.01. The summed E-state index contributed by atoms with van der Waals surface area (Å²) in [6.45, 7) is 9.82. The van der Waals surface area contributed by atoms with Gasteiger partial charge in [0.05, 0.1) is 0 Å². The van der Waals surface area contributed by atoms with Crippen LogP contribution in [0.1, 0.15) is 34.1 Å². The van der Waals surface area contributed by atoms with Gasteiger partial charge >= 0.3 is 0 Å². The first-order chi connectivity index (χ1) is 5.20. The second-order valence-electron chi connectivity index (χ2n) is 3.12. The van der Waals surface area contributed by atoms with Crippen LogP contribution in [0, 0.1) is 5.92 Å². The maximum atomic E-state index is 3.34. The number of rotatable bonds is 5. The van der Waals surface area contributed by atoms with Gasteiger partial charge in [-0.15, -0.1) is 0 Å². The lowest BCUT2D eigenvalue weighted by molar-refractivity contribution is 0.643. The van der Waals surface area contributed by atoms with Crippen molar-refractivity contribution in [2.75, 3.05) is 6.54 Å². The van der Waals surface area contributed by atoms with Gasteiger partial charge in [0, 0.05) is 6.04 Å². The molecule has 0 saturated carbocycles. The molecule has 0 radical (unpaired) electrons. The first kappa shape index (κ1) is 10.7. The van der Waals surface area contributed by atoms with Gasteiger partial charge in [-0.05, 0) is 19.4 Å². The van der Waals surface area contributed by atoms with E-state index in [1.54, 1.807) is 0 Å². The lowest BCUT2D eigenvalue weighted by Crippen LogP contribution is -2.23. The van der Waals surface area contributed by atoms with Crippen molar-refractivity contribution in [3.8, 4) is 0 Å². The lowest BCUT2D eigenvalue weighted by Gasteiger charge is -2.07. The molecule has 11 heavy (non-hydrogen) atoms. The fourth-order valence-electron chi connectivity index (χ4n) is 0.882. The number of hydrogen-bond acceptors (Lipinski definition) is 1. The summed E-state index contributed by atoms with van der Waals surface area (Å²) >= 11 is 0. The molecule has 0 amide bonds. The van der Waals surface area contributed by atoms with E-state index >= 15 is 0 Å². The van der Waals surface area contributed by atoms with Gasteiger partial charge in [-0.1, -0.05) is 39.3 Å². The molecular weight excluding hydrogens is 134 g/mol. The van der Waals surface area contributed by atoms with E-state index in [2.05, 4.69) is 45.2 Å². The first-order valence-corrected chi connectivity index (χ1v) is 4.62. The van der Waals surface area contributed by atoms with Gasteiger partial charge in [-0.2, -0.15) is 0 Å². The highest BCUT2D eigenvalue weighted by molar-refractivity contribution is 4.92. The van der Waals surface area contributed by atoms with Crippen LogP contribution in [0.2, 0.25) is 0 Å². The summed E-state index contributed by atoms with van der Waals surface area (Å²) in [5.74, 6) is 0.719. The summed E-state index contributed by atoms with van der Waals surface area (Å²) in [5.41, 5.74) is 0. The lowest BCUT2D eigenvalue weighted by atomic mass is 10.1. The Hall–Kier alpha value is -0.300. The van der Waals surface area contributed by atoms with Crippen LogP contribution < -0.4 is 5.32 Å². The second-order valence-corrected chi connectivity index (χ2v) is 3.12. The Morgan fingerprint density at radius 1 is 1.18 bits per heavy atom. The van der Waals surface area contributed by atoms with Crippen molar-refractivity contribution >= 4 is 0 Å². The Kier molecular flexibility index (Phi) is 6.24. The number of likely N-dealkylation sites (N-methyl/N-ethyl adjacent to an activating group) is 1. The molecule has 0 aliphatic rings. The largest absolute Gasteiger partial charge is 0.311 e. The van der Waals surface area contributed by atoms with Gasteiger partial charge < -0.3 is 5.32 Å². The molecule has 0 aromatic heterocycles. The monoisotopic (exact) mass is 155 g/mol. The molecule has 0 aliphatic carbocycles. The van der Waals surface area contributed by atoms with E-state index in [0.29, 0.717) is 6.04 Å². The van der Waals surface area contributed by atoms with Gasteiger partial charge in [0.25, 0.3) is 0 Å². The van der Waals surface area contributed by atoms with E-state index in [0.717, 1.165) is 12.5 Å². The summed E-state index contributed by atoms with van der Waals surface area (Å²) in [5, 5.41) is 3.34. The van der Waals surface area contributed by atoms with E-state index in [9.17, 15) is 0 Å². The Morgan fingerprint density at radius 2 is 1.82 bits per heavy atom. The predicted octanol–water partition coefficient (Wildman–Crippen LogP) is 2.59. The van der Waals surface area contributed by atoms with E-state index in [-0.39, 0.29) is 0 Å². The number of hydrogen-bond donors (Lipinski definition) is 1. The predicted molar refractivity (Wildman–Crippen MR) is 51.7 cm³/mol. The van der Waals surface area contributed by atoms with Gasteiger partial charge in [0.15, 0.2) is 0 Å². The van der Waals surface area contributed by atoms with Crippen LogP contribution >= 0.6 is 0 Å². The van der Waals surface area contributed by atoms with Crippen molar-refractivity contribution < 1.29 is 0 Å². The zero-order valence-corrected chi connectivity index (χ0v) is 8.22. The average molecular weight is 155 g/mol. The molecule has 0 fully saturated rings. The van der Waals surface area contributed by atoms with Gasteiger partial charge in [0.2, 0.25) is 0 Å². The van der Waals surface area contributed by atoms with Crippen molar-refractivity contribution in [1.29, 1.82) is 0 Å². The molecule has 2 atom stereocenters. The molecule has 0 aromatic rings. The highest BCUT2D eigenvalue weighted by atomic mass is 14.9. The Morgan fingerprint density at radius 3 is 2.27 bits per heavy atom. The van der Waals surface area contributed by atoms with E-state index in [1.165, 1.54) is 6.42 Å². The molecule has 0 aromatic carbocycles. The summed E-state index contributed by atoms with van der Waals surface area (Å²) < 4.78 is 0. The molecule has 0 saturated heterocycles. The molecule has 0 heterocycles. The SMILES string of the molecule is CCNC(C)/C=C/C(C)CC. The van der Waals surface area contributed by atoms with Crippen molar-refractivity contribution in [1.82, 2.24) is 5.32 Å². The van der Waals surface area contributed by atoms with Crippen LogP contribution in [0.4, 0.5) is 0 Å². The van der Waals surface area contributed by atoms with E-state index in [1.807, 2.05) is 0 Å². The third-order valence-corrected chi connectivity index (χ3v) is 1.90. The second kappa shape index (κ2) is 6.41. The Labute approximate surface area is 70.9 Å². The van der Waals surface area contributed by atoms with Gasteiger partial charge in [-0.3, -0.25) is 0 Å². The van der Waals surface area contributed by atoms with E-state index in [4.69, 9.17) is 0 Å². The quantitative estimate of drug-likeness (QED) is 0.602. The van der Waals surface area contributed by atoms with Crippen LogP contribution in [0.5, 0.6) is 0 Å². The van der Waals surface area contributed by atoms with Gasteiger partial charge in [0.1, 0.15) is 0 Å². The molecule has 0 spiro atoms. The molecule has 1 N–H and O–H groups in total. The topological polar surface area (TPSA) is 12.0 Å². The number of allylic oxidation sites excluding steroid dienone is 1. The zero-order valence-electron chi connectivity index (χ0n) is 8.22. The summed E-state index contributed by atoms with van der Waals surface area (Å²) in [6.07, 6.45) is 5.76. The fourth-order valence-corrected chi connectivity index (χ4v) is 0.882. The molecule has 1 nitrogen and oxygen atoms in total. The molecule has 1 heteroatoms. The highest BCUT2D eigenvalue weighted by Crippen LogP contribution is 2.02. The normalized spacial score (nSPS) is 17.1. The zero-order chi connectivity index (χ0) is 8.69. The minimum Gasteiger partial charge on any atom is -0.311 e. The third-order valence-electron chi connectivity index (χ3n) is 1.90. The standard InChI is InChI=1S/C10H21N/c1-5-9(3)7-8-10(4)11-6-2/h7-11H,5-6H2,1-4H3/b8-7+. The fraction of sp³-hybridized carbons (Fsp3) is 0.800. The summed E-state index contributed by atoms with van der Waals surface area (Å²) in [4.78, 5) is 0. The molecule has 2 unspecified atom stereocenters. The summed E-state index contributed by atoms with van der Waals surface area (Å²) in [6, 6.07) is 0.522. The van der Waals surface area contributed by atoms with Crippen molar-refractivity contribution in [2.45, 2.75) is 40.2 Å². The maximum Gasteiger partial charge on any atom is 0.0221 e. The molecule has 66 valence electrons. The molecule has 0 rings (SSSR count). The van der Waals surface area contributed by atoms with Crippen LogP contribution in [0.25, 0.3) is 0 Å². The maximum absolute atomic E-state index is 3.34. The molecule has 0 aliphatic heterocycles. The number of nitrogens with one attached hydrogen (secondary N) is 1. The highest BCUT2D eigenvalue weighted by Gasteiger charge is 1.94. The van der Waals surface area contributed by atoms with Crippen LogP contribution in [0.3, 0.4) is 0 Å². The van der Waals surface area contributed by atoms with Crippen molar-refractivity contribution in [3.63, 3.8) is 0 Å². The summed E-state index contributed by atoms with van der Waals surface area (Å²) in [7, 11) is 0. The molecular formula is C10H21N. The smallest absolute Gasteiger partial charge is 0.0221 e. The molecule has 0 bridgehead atoms. The Bertz CT molecular complexity index is 107. The van der Waals surface area contributed by atoms with Crippen molar-refractivity contribution in [2.24, 2.45) is 5.92 Å². The minimum absolute atomic E-state index is 0.522. The van der Waals surface area contributed by atoms with E-state index < -0.39 is 0 Å². The Balaban J connectivity index is 3.54. The van der Waals surface area contributed by atoms with Crippen LogP contribution in [-0.2, 0) is 0 Å². The minimum atomic E-state index is 0.522. The third kappa shape index (κ3) is 6.11. The van der Waals surface area contributed by atoms with Crippen molar-refractivity contribution in [3.05, 3.63) is 12.2 Å². The van der Waals surface area contributed by atoms with Crippen LogP contribution in [0.15, 0.2) is 12.2 Å². The first-order valence-electron chi connectivity index (χ1n) is 4.62.